The highest BCUT2D eigenvalue weighted by Crippen LogP contribution is 2.45. The smallest absolute Gasteiger partial charge is 0.251 e. The van der Waals surface area contributed by atoms with E-state index in [1.807, 2.05) is 71.5 Å². The van der Waals surface area contributed by atoms with Crippen LogP contribution >= 0.6 is 23.5 Å². The molecule has 4 rings (SSSR count). The number of para-hydroxylation sites is 2. The van der Waals surface area contributed by atoms with Crippen molar-refractivity contribution in [3.05, 3.63) is 65.5 Å². The van der Waals surface area contributed by atoms with Gasteiger partial charge in [0.15, 0.2) is 0 Å². The Kier molecular flexibility index (Phi) is 4.72. The second-order valence-corrected chi connectivity index (χ2v) is 8.68. The fourth-order valence-corrected chi connectivity index (χ4v) is 5.82. The largest absolute Gasteiger partial charge is 0.345 e. The Labute approximate surface area is 155 Å². The highest BCUT2D eigenvalue weighted by Gasteiger charge is 2.18. The van der Waals surface area contributed by atoms with Gasteiger partial charge in [-0.3, -0.25) is 4.79 Å². The second kappa shape index (κ2) is 7.14. The minimum absolute atomic E-state index is 0.0645. The first kappa shape index (κ1) is 16.5. The molecule has 4 nitrogen and oxygen atoms in total. The van der Waals surface area contributed by atoms with Crippen molar-refractivity contribution in [2.24, 2.45) is 7.05 Å². The summed E-state index contributed by atoms with van der Waals surface area (Å²) in [5.41, 5.74) is 4.00. The Bertz CT molecular complexity index is 899. The number of carbonyl (C=O) groups is 1. The van der Waals surface area contributed by atoms with Crippen molar-refractivity contribution < 1.29 is 4.79 Å². The molecule has 0 atom stereocenters. The van der Waals surface area contributed by atoms with E-state index < -0.39 is 0 Å². The molecule has 0 spiro atoms. The van der Waals surface area contributed by atoms with E-state index in [0.29, 0.717) is 16.7 Å². The van der Waals surface area contributed by atoms with Gasteiger partial charge in [0.2, 0.25) is 0 Å². The van der Waals surface area contributed by atoms with Crippen LogP contribution in [-0.2, 0) is 13.6 Å². The first-order valence-corrected chi connectivity index (χ1v) is 10.3. The van der Waals surface area contributed by atoms with Gasteiger partial charge >= 0.3 is 0 Å². The van der Waals surface area contributed by atoms with Crippen LogP contribution in [0.5, 0.6) is 0 Å². The van der Waals surface area contributed by atoms with Crippen molar-refractivity contribution >= 4 is 40.5 Å². The molecule has 2 aromatic carbocycles. The van der Waals surface area contributed by atoms with E-state index in [1.54, 1.807) is 0 Å². The maximum absolute atomic E-state index is 12.4. The Hall–Kier alpha value is -1.92. The van der Waals surface area contributed by atoms with Crippen LogP contribution in [0.4, 0.5) is 0 Å². The number of aryl methyl sites for hydroxylation is 1. The number of benzene rings is 2. The predicted molar refractivity (Wildman–Crippen MR) is 106 cm³/mol. The lowest BCUT2D eigenvalue weighted by Gasteiger charge is -2.09. The standard InChI is InChI=1S/C19H19N3OS2/c1-22-16-5-3-2-4-15(16)21-17(22)12-20-18(23)13-6-8-14(9-7-13)19-24-10-11-25-19/h2-9,19H,10-12H2,1H3,(H,20,23). The van der Waals surface area contributed by atoms with E-state index >= 15 is 0 Å². The molecule has 0 bridgehead atoms. The number of imidazole rings is 1. The van der Waals surface area contributed by atoms with Crippen LogP contribution in [0, 0.1) is 0 Å². The molecule has 128 valence electrons. The van der Waals surface area contributed by atoms with Crippen molar-refractivity contribution in [2.75, 3.05) is 11.5 Å². The number of hydrogen-bond donors (Lipinski definition) is 1. The third-order valence-electron chi connectivity index (χ3n) is 4.35. The number of rotatable bonds is 4. The minimum Gasteiger partial charge on any atom is -0.345 e. The molecule has 1 aliphatic rings. The zero-order valence-electron chi connectivity index (χ0n) is 13.9. The number of nitrogens with one attached hydrogen (secondary N) is 1. The Morgan fingerprint density at radius 1 is 1.16 bits per heavy atom. The van der Waals surface area contributed by atoms with Gasteiger partial charge in [0.25, 0.3) is 5.91 Å². The van der Waals surface area contributed by atoms with Crippen LogP contribution in [0.1, 0.15) is 26.3 Å². The first-order valence-electron chi connectivity index (χ1n) is 8.24. The zero-order valence-corrected chi connectivity index (χ0v) is 15.6. The van der Waals surface area contributed by atoms with Crippen molar-refractivity contribution in [3.8, 4) is 0 Å². The van der Waals surface area contributed by atoms with E-state index in [0.717, 1.165) is 16.9 Å². The fourth-order valence-electron chi connectivity index (χ4n) is 2.96. The van der Waals surface area contributed by atoms with Gasteiger partial charge in [-0.25, -0.2) is 4.98 Å². The van der Waals surface area contributed by atoms with E-state index in [4.69, 9.17) is 0 Å². The van der Waals surface area contributed by atoms with E-state index in [-0.39, 0.29) is 5.91 Å². The molecule has 0 radical (unpaired) electrons. The monoisotopic (exact) mass is 369 g/mol. The van der Waals surface area contributed by atoms with Gasteiger partial charge in [0.05, 0.1) is 22.2 Å². The van der Waals surface area contributed by atoms with Crippen LogP contribution in [0.3, 0.4) is 0 Å². The van der Waals surface area contributed by atoms with Gasteiger partial charge in [-0.05, 0) is 29.8 Å². The molecular weight excluding hydrogens is 350 g/mol. The van der Waals surface area contributed by atoms with Crippen LogP contribution in [0.25, 0.3) is 11.0 Å². The second-order valence-electron chi connectivity index (χ2n) is 5.95. The summed E-state index contributed by atoms with van der Waals surface area (Å²) >= 11 is 3.94. The molecule has 6 heteroatoms. The molecule has 1 amide bonds. The van der Waals surface area contributed by atoms with Crippen LogP contribution in [0.2, 0.25) is 0 Å². The first-order chi connectivity index (χ1) is 12.2. The number of thioether (sulfide) groups is 2. The lowest BCUT2D eigenvalue weighted by molar-refractivity contribution is 0.0949. The summed E-state index contributed by atoms with van der Waals surface area (Å²) in [5.74, 6) is 3.20. The van der Waals surface area contributed by atoms with Gasteiger partial charge in [-0.1, -0.05) is 24.3 Å². The van der Waals surface area contributed by atoms with Crippen molar-refractivity contribution in [2.45, 2.75) is 11.1 Å². The lowest BCUT2D eigenvalue weighted by Crippen LogP contribution is -2.24. The Morgan fingerprint density at radius 2 is 1.88 bits per heavy atom. The van der Waals surface area contributed by atoms with E-state index in [1.165, 1.54) is 17.1 Å². The third kappa shape index (κ3) is 3.41. The number of fused-ring (bicyclic) bond motifs is 1. The van der Waals surface area contributed by atoms with Gasteiger partial charge in [0.1, 0.15) is 5.82 Å². The molecule has 1 saturated heterocycles. The highest BCUT2D eigenvalue weighted by atomic mass is 32.2. The summed E-state index contributed by atoms with van der Waals surface area (Å²) in [4.78, 5) is 17.0. The molecule has 0 unspecified atom stereocenters. The Balaban J connectivity index is 1.43. The topological polar surface area (TPSA) is 46.9 Å². The van der Waals surface area contributed by atoms with Crippen molar-refractivity contribution in [1.29, 1.82) is 0 Å². The van der Waals surface area contributed by atoms with Gasteiger partial charge in [-0.15, -0.1) is 23.5 Å². The number of hydrogen-bond acceptors (Lipinski definition) is 4. The SMILES string of the molecule is Cn1c(CNC(=O)c2ccc(C3SCCS3)cc2)nc2ccccc21. The molecule has 2 heterocycles. The molecule has 25 heavy (non-hydrogen) atoms. The molecule has 0 aliphatic carbocycles. The quantitative estimate of drug-likeness (QED) is 0.756. The van der Waals surface area contributed by atoms with Crippen LogP contribution in [-0.4, -0.2) is 27.0 Å². The molecule has 1 N–H and O–H groups in total. The number of amides is 1. The molecule has 1 aromatic heterocycles. The summed E-state index contributed by atoms with van der Waals surface area (Å²) < 4.78 is 2.53. The van der Waals surface area contributed by atoms with Crippen molar-refractivity contribution in [3.63, 3.8) is 0 Å². The number of nitrogens with zero attached hydrogens (tertiary/aromatic N) is 2. The average Bonchev–Trinajstić information content (AvgIpc) is 3.29. The van der Waals surface area contributed by atoms with Crippen molar-refractivity contribution in [1.82, 2.24) is 14.9 Å². The molecule has 1 aliphatic heterocycles. The molecule has 0 saturated carbocycles. The highest BCUT2D eigenvalue weighted by molar-refractivity contribution is 8.19. The zero-order chi connectivity index (χ0) is 17.2. The maximum atomic E-state index is 12.4. The summed E-state index contributed by atoms with van der Waals surface area (Å²) in [6.07, 6.45) is 0. The molecule has 3 aromatic rings. The summed E-state index contributed by atoms with van der Waals surface area (Å²) in [5, 5.41) is 2.97. The van der Waals surface area contributed by atoms with Crippen LogP contribution in [0.15, 0.2) is 48.5 Å². The van der Waals surface area contributed by atoms with E-state index in [9.17, 15) is 4.79 Å². The molecular formula is C19H19N3OS2. The number of carbonyl (C=O) groups excluding carboxylic acids is 1. The third-order valence-corrected chi connectivity index (χ3v) is 7.46. The van der Waals surface area contributed by atoms with Gasteiger partial charge in [-0.2, -0.15) is 0 Å². The summed E-state index contributed by atoms with van der Waals surface area (Å²) in [7, 11) is 1.97. The van der Waals surface area contributed by atoms with E-state index in [2.05, 4.69) is 22.4 Å². The van der Waals surface area contributed by atoms with Gasteiger partial charge < -0.3 is 9.88 Å². The van der Waals surface area contributed by atoms with Crippen LogP contribution < -0.4 is 5.32 Å². The Morgan fingerprint density at radius 3 is 2.60 bits per heavy atom. The fraction of sp³-hybridized carbons (Fsp3) is 0.263. The lowest BCUT2D eigenvalue weighted by atomic mass is 10.1. The number of aromatic nitrogens is 2. The molecule has 1 fully saturated rings. The average molecular weight is 370 g/mol. The summed E-state index contributed by atoms with van der Waals surface area (Å²) in [6, 6.07) is 16.0. The summed E-state index contributed by atoms with van der Waals surface area (Å²) in [6.45, 7) is 0.417. The minimum atomic E-state index is -0.0645. The maximum Gasteiger partial charge on any atom is 0.251 e. The van der Waals surface area contributed by atoms with Gasteiger partial charge in [0, 0.05) is 24.1 Å². The normalized spacial score (nSPS) is 14.9. The predicted octanol–water partition coefficient (Wildman–Crippen LogP) is 3.98.